The molecule has 29 heavy (non-hydrogen) atoms. The van der Waals surface area contributed by atoms with Crippen LogP contribution in [0.15, 0.2) is 48.5 Å². The number of anilines is 1. The van der Waals surface area contributed by atoms with Crippen molar-refractivity contribution in [1.82, 2.24) is 9.80 Å². The number of halogens is 1. The lowest BCUT2D eigenvalue weighted by atomic mass is 10.1. The number of amides is 2. The van der Waals surface area contributed by atoms with Gasteiger partial charge in [-0.25, -0.2) is 4.39 Å². The molecule has 0 aliphatic rings. The van der Waals surface area contributed by atoms with E-state index in [0.29, 0.717) is 43.2 Å². The summed E-state index contributed by atoms with van der Waals surface area (Å²) in [4.78, 5) is 28.3. The van der Waals surface area contributed by atoms with Crippen LogP contribution in [0.3, 0.4) is 0 Å². The van der Waals surface area contributed by atoms with Gasteiger partial charge in [-0.05, 0) is 63.4 Å². The Labute approximate surface area is 171 Å². The van der Waals surface area contributed by atoms with E-state index in [0.717, 1.165) is 0 Å². The number of ether oxygens (including phenoxy) is 1. The largest absolute Gasteiger partial charge is 0.492 e. The van der Waals surface area contributed by atoms with Gasteiger partial charge in [-0.15, -0.1) is 0 Å². The number of benzene rings is 2. The van der Waals surface area contributed by atoms with Gasteiger partial charge in [0.1, 0.15) is 18.2 Å². The van der Waals surface area contributed by atoms with Crippen LogP contribution in [-0.2, 0) is 4.79 Å². The summed E-state index contributed by atoms with van der Waals surface area (Å²) in [6.07, 6.45) is 0. The van der Waals surface area contributed by atoms with Gasteiger partial charge >= 0.3 is 0 Å². The van der Waals surface area contributed by atoms with Crippen LogP contribution in [0, 0.1) is 5.82 Å². The summed E-state index contributed by atoms with van der Waals surface area (Å²) in [5, 5.41) is 2.82. The van der Waals surface area contributed by atoms with Crippen molar-refractivity contribution in [1.29, 1.82) is 0 Å². The Bertz CT molecular complexity index is 807. The molecule has 2 aromatic carbocycles. The van der Waals surface area contributed by atoms with E-state index in [9.17, 15) is 14.0 Å². The van der Waals surface area contributed by atoms with Gasteiger partial charge in [-0.1, -0.05) is 6.07 Å². The number of likely N-dealkylation sites (N-methyl/N-ethyl adjacent to an activating group) is 1. The maximum atomic E-state index is 12.9. The zero-order valence-corrected chi connectivity index (χ0v) is 17.2. The van der Waals surface area contributed by atoms with Gasteiger partial charge in [-0.2, -0.15) is 0 Å². The zero-order chi connectivity index (χ0) is 21.2. The maximum absolute atomic E-state index is 12.9. The minimum Gasteiger partial charge on any atom is -0.492 e. The molecule has 156 valence electrons. The molecule has 0 heterocycles. The summed E-state index contributed by atoms with van der Waals surface area (Å²) in [5.74, 6) is 0.0378. The van der Waals surface area contributed by atoms with Crippen LogP contribution >= 0.6 is 0 Å². The van der Waals surface area contributed by atoms with Crippen LogP contribution in [0.1, 0.15) is 24.2 Å². The predicted molar refractivity (Wildman–Crippen MR) is 112 cm³/mol. The van der Waals surface area contributed by atoms with Gasteiger partial charge < -0.3 is 15.0 Å². The summed E-state index contributed by atoms with van der Waals surface area (Å²) < 4.78 is 18.4. The lowest BCUT2D eigenvalue weighted by molar-refractivity contribution is -0.117. The van der Waals surface area contributed by atoms with Crippen LogP contribution in [-0.4, -0.2) is 61.4 Å². The standard InChI is InChI=1S/C22H28FN3O3/c1-4-26(5-2)22(28)17-7-6-8-19(15-17)24-21(27)16-25(3)13-14-29-20-11-9-18(23)10-12-20/h6-12,15H,4-5,13-14,16H2,1-3H3,(H,24,27). The fraction of sp³-hybridized carbons (Fsp3) is 0.364. The summed E-state index contributed by atoms with van der Waals surface area (Å²) >= 11 is 0. The number of hydrogen-bond acceptors (Lipinski definition) is 4. The molecular formula is C22H28FN3O3. The van der Waals surface area contributed by atoms with Crippen molar-refractivity contribution in [2.75, 3.05) is 45.2 Å². The van der Waals surface area contributed by atoms with Crippen LogP contribution in [0.2, 0.25) is 0 Å². The lowest BCUT2D eigenvalue weighted by Gasteiger charge is -2.19. The molecule has 7 heteroatoms. The highest BCUT2D eigenvalue weighted by atomic mass is 19.1. The molecule has 0 radical (unpaired) electrons. The molecular weight excluding hydrogens is 373 g/mol. The first-order chi connectivity index (χ1) is 13.9. The molecule has 0 saturated heterocycles. The third-order valence-electron chi connectivity index (χ3n) is 4.41. The molecule has 2 rings (SSSR count). The topological polar surface area (TPSA) is 61.9 Å². The monoisotopic (exact) mass is 401 g/mol. The Morgan fingerprint density at radius 2 is 1.76 bits per heavy atom. The number of nitrogens with one attached hydrogen (secondary N) is 1. The third kappa shape index (κ3) is 7.19. The minimum absolute atomic E-state index is 0.0545. The normalized spacial score (nSPS) is 10.7. The van der Waals surface area contributed by atoms with Crippen molar-refractivity contribution >= 4 is 17.5 Å². The van der Waals surface area contributed by atoms with Gasteiger partial charge in [0, 0.05) is 30.9 Å². The van der Waals surface area contributed by atoms with Crippen molar-refractivity contribution < 1.29 is 18.7 Å². The fourth-order valence-electron chi connectivity index (χ4n) is 2.80. The van der Waals surface area contributed by atoms with Gasteiger partial charge in [0.15, 0.2) is 0 Å². The quantitative estimate of drug-likeness (QED) is 0.664. The highest BCUT2D eigenvalue weighted by molar-refractivity contribution is 5.97. The Morgan fingerprint density at radius 3 is 2.41 bits per heavy atom. The van der Waals surface area contributed by atoms with Gasteiger partial charge in [0.05, 0.1) is 6.54 Å². The average Bonchev–Trinajstić information content (AvgIpc) is 2.70. The molecule has 2 aromatic rings. The molecule has 2 amide bonds. The molecule has 0 aliphatic heterocycles. The molecule has 0 bridgehead atoms. The first-order valence-electron chi connectivity index (χ1n) is 9.69. The van der Waals surface area contributed by atoms with Crippen LogP contribution in [0.25, 0.3) is 0 Å². The first kappa shape index (κ1) is 22.4. The smallest absolute Gasteiger partial charge is 0.253 e. The minimum atomic E-state index is -0.311. The average molecular weight is 401 g/mol. The molecule has 0 aliphatic carbocycles. The van der Waals surface area contributed by atoms with E-state index in [1.165, 1.54) is 12.1 Å². The van der Waals surface area contributed by atoms with Gasteiger partial charge in [-0.3, -0.25) is 14.5 Å². The Hall–Kier alpha value is -2.93. The Balaban J connectivity index is 1.81. The highest BCUT2D eigenvalue weighted by Gasteiger charge is 2.13. The molecule has 0 spiro atoms. The lowest BCUT2D eigenvalue weighted by Crippen LogP contribution is -2.33. The summed E-state index contributed by atoms with van der Waals surface area (Å²) in [6.45, 7) is 6.23. The number of nitrogens with zero attached hydrogens (tertiary/aromatic N) is 2. The second-order valence-electron chi connectivity index (χ2n) is 6.65. The van der Waals surface area contributed by atoms with E-state index < -0.39 is 0 Å². The molecule has 0 saturated carbocycles. The summed E-state index contributed by atoms with van der Waals surface area (Å²) in [6, 6.07) is 12.8. The van der Waals surface area contributed by atoms with E-state index in [1.807, 2.05) is 25.8 Å². The van der Waals surface area contributed by atoms with Crippen LogP contribution < -0.4 is 10.1 Å². The predicted octanol–water partition coefficient (Wildman–Crippen LogP) is 3.26. The van der Waals surface area contributed by atoms with Crippen LogP contribution in [0.4, 0.5) is 10.1 Å². The van der Waals surface area contributed by atoms with Gasteiger partial charge in [0.25, 0.3) is 5.91 Å². The van der Waals surface area contributed by atoms with Crippen molar-refractivity contribution in [3.8, 4) is 5.75 Å². The first-order valence-corrected chi connectivity index (χ1v) is 9.69. The van der Waals surface area contributed by atoms with Crippen molar-refractivity contribution in [2.24, 2.45) is 0 Å². The number of rotatable bonds is 10. The molecule has 0 aromatic heterocycles. The van der Waals surface area contributed by atoms with E-state index in [4.69, 9.17) is 4.74 Å². The summed E-state index contributed by atoms with van der Waals surface area (Å²) in [7, 11) is 1.81. The molecule has 6 nitrogen and oxygen atoms in total. The second kappa shape index (κ2) is 11.2. The summed E-state index contributed by atoms with van der Waals surface area (Å²) in [5.41, 5.74) is 1.14. The van der Waals surface area contributed by atoms with Gasteiger partial charge in [0.2, 0.25) is 5.91 Å². The number of carbonyl (C=O) groups excluding carboxylic acids is 2. The number of hydrogen-bond donors (Lipinski definition) is 1. The molecule has 0 atom stereocenters. The van der Waals surface area contributed by atoms with E-state index >= 15 is 0 Å². The molecule has 0 unspecified atom stereocenters. The molecule has 0 fully saturated rings. The van der Waals surface area contributed by atoms with Crippen molar-refractivity contribution in [3.63, 3.8) is 0 Å². The van der Waals surface area contributed by atoms with E-state index in [2.05, 4.69) is 5.32 Å². The number of carbonyl (C=O) groups is 2. The Kier molecular flexibility index (Phi) is 8.61. The Morgan fingerprint density at radius 1 is 1.07 bits per heavy atom. The third-order valence-corrected chi connectivity index (χ3v) is 4.41. The van der Waals surface area contributed by atoms with Crippen LogP contribution in [0.5, 0.6) is 5.75 Å². The highest BCUT2D eigenvalue weighted by Crippen LogP contribution is 2.13. The van der Waals surface area contributed by atoms with Crippen molar-refractivity contribution in [2.45, 2.75) is 13.8 Å². The SMILES string of the molecule is CCN(CC)C(=O)c1cccc(NC(=O)CN(C)CCOc2ccc(F)cc2)c1. The van der Waals surface area contributed by atoms with E-state index in [1.54, 1.807) is 41.3 Å². The maximum Gasteiger partial charge on any atom is 0.253 e. The molecule has 1 N–H and O–H groups in total. The van der Waals surface area contributed by atoms with Crippen molar-refractivity contribution in [3.05, 3.63) is 59.9 Å². The second-order valence-corrected chi connectivity index (χ2v) is 6.65. The van der Waals surface area contributed by atoms with E-state index in [-0.39, 0.29) is 24.2 Å². The zero-order valence-electron chi connectivity index (χ0n) is 17.2. The fourth-order valence-corrected chi connectivity index (χ4v) is 2.80.